The van der Waals surface area contributed by atoms with E-state index in [0.29, 0.717) is 23.7 Å². The summed E-state index contributed by atoms with van der Waals surface area (Å²) in [6, 6.07) is 5.26. The molecule has 1 amide bonds. The van der Waals surface area contributed by atoms with Gasteiger partial charge in [-0.1, -0.05) is 6.07 Å². The molecule has 22 heavy (non-hydrogen) atoms. The molecule has 0 spiro atoms. The first-order valence-electron chi connectivity index (χ1n) is 7.54. The average Bonchev–Trinajstić information content (AvgIpc) is 2.50. The fraction of sp³-hybridized carbons (Fsp3) is 0.562. The first-order valence-corrected chi connectivity index (χ1v) is 7.54. The molecule has 1 fully saturated rings. The van der Waals surface area contributed by atoms with Gasteiger partial charge in [-0.3, -0.25) is 4.79 Å². The second kappa shape index (κ2) is 9.08. The second-order valence-electron chi connectivity index (χ2n) is 5.64. The number of carbonyl (C=O) groups is 1. The maximum atomic E-state index is 13.4. The SMILES string of the molecule is CNC1CCCN(CCC(=O)Nc2cccc(F)c2C)C1.Cl. The molecule has 1 aliphatic rings. The van der Waals surface area contributed by atoms with Crippen molar-refractivity contribution >= 4 is 24.0 Å². The lowest BCUT2D eigenvalue weighted by Crippen LogP contribution is -2.45. The van der Waals surface area contributed by atoms with Gasteiger partial charge in [-0.05, 0) is 45.5 Å². The Kier molecular flexibility index (Phi) is 7.79. The Balaban J connectivity index is 0.00000242. The summed E-state index contributed by atoms with van der Waals surface area (Å²) < 4.78 is 13.4. The first-order chi connectivity index (χ1) is 10.1. The van der Waals surface area contributed by atoms with Gasteiger partial charge in [0.2, 0.25) is 5.91 Å². The van der Waals surface area contributed by atoms with Crippen molar-refractivity contribution in [3.05, 3.63) is 29.6 Å². The van der Waals surface area contributed by atoms with Crippen molar-refractivity contribution in [1.29, 1.82) is 0 Å². The molecule has 0 aromatic heterocycles. The number of piperidine rings is 1. The molecule has 1 aromatic rings. The number of benzene rings is 1. The van der Waals surface area contributed by atoms with E-state index >= 15 is 0 Å². The minimum Gasteiger partial charge on any atom is -0.326 e. The Morgan fingerprint density at radius 3 is 2.95 bits per heavy atom. The van der Waals surface area contributed by atoms with Crippen LogP contribution in [0, 0.1) is 12.7 Å². The summed E-state index contributed by atoms with van der Waals surface area (Å²) in [6.45, 7) is 4.46. The van der Waals surface area contributed by atoms with Crippen LogP contribution in [0.3, 0.4) is 0 Å². The van der Waals surface area contributed by atoms with Gasteiger partial charge in [0.05, 0.1) is 0 Å². The predicted molar refractivity (Wildman–Crippen MR) is 90.2 cm³/mol. The van der Waals surface area contributed by atoms with Gasteiger partial charge in [0.25, 0.3) is 0 Å². The summed E-state index contributed by atoms with van der Waals surface area (Å²) in [5.41, 5.74) is 1.05. The van der Waals surface area contributed by atoms with Crippen LogP contribution in [-0.4, -0.2) is 43.5 Å². The summed E-state index contributed by atoms with van der Waals surface area (Å²) in [5.74, 6) is -0.351. The molecule has 0 radical (unpaired) electrons. The molecule has 1 saturated heterocycles. The van der Waals surface area contributed by atoms with E-state index in [4.69, 9.17) is 0 Å². The number of anilines is 1. The van der Waals surface area contributed by atoms with Crippen molar-refractivity contribution in [1.82, 2.24) is 10.2 Å². The summed E-state index contributed by atoms with van der Waals surface area (Å²) >= 11 is 0. The standard InChI is InChI=1S/C16H24FN3O.ClH/c1-12-14(17)6-3-7-15(12)19-16(21)8-10-20-9-4-5-13(11-20)18-2;/h3,6-7,13,18H,4-5,8-11H2,1-2H3,(H,19,21);1H. The smallest absolute Gasteiger partial charge is 0.225 e. The molecule has 6 heteroatoms. The number of carbonyl (C=O) groups excluding carboxylic acids is 1. The summed E-state index contributed by atoms with van der Waals surface area (Å²) in [5, 5.41) is 6.09. The van der Waals surface area contributed by atoms with Gasteiger partial charge in [0, 0.05) is 36.8 Å². The molecule has 2 rings (SSSR count). The number of likely N-dealkylation sites (N-methyl/N-ethyl adjacent to an activating group) is 1. The van der Waals surface area contributed by atoms with E-state index in [-0.39, 0.29) is 24.1 Å². The lowest BCUT2D eigenvalue weighted by molar-refractivity contribution is -0.116. The number of nitrogens with zero attached hydrogens (tertiary/aromatic N) is 1. The second-order valence-corrected chi connectivity index (χ2v) is 5.64. The predicted octanol–water partition coefficient (Wildman–Crippen LogP) is 2.57. The first kappa shape index (κ1) is 18.9. The van der Waals surface area contributed by atoms with Crippen molar-refractivity contribution in [2.45, 2.75) is 32.2 Å². The van der Waals surface area contributed by atoms with E-state index < -0.39 is 0 Å². The summed E-state index contributed by atoms with van der Waals surface area (Å²) in [6.07, 6.45) is 2.80. The lowest BCUT2D eigenvalue weighted by Gasteiger charge is -2.32. The Hall–Kier alpha value is -1.17. The van der Waals surface area contributed by atoms with Crippen LogP contribution >= 0.6 is 12.4 Å². The molecule has 0 aliphatic carbocycles. The van der Waals surface area contributed by atoms with Crippen LogP contribution in [0.5, 0.6) is 0 Å². The highest BCUT2D eigenvalue weighted by atomic mass is 35.5. The zero-order valence-electron chi connectivity index (χ0n) is 13.2. The van der Waals surface area contributed by atoms with Crippen molar-refractivity contribution < 1.29 is 9.18 Å². The number of halogens is 2. The Labute approximate surface area is 137 Å². The number of likely N-dealkylation sites (tertiary alicyclic amines) is 1. The molecule has 124 valence electrons. The van der Waals surface area contributed by atoms with E-state index in [9.17, 15) is 9.18 Å². The van der Waals surface area contributed by atoms with Crippen molar-refractivity contribution in [2.75, 3.05) is 32.0 Å². The molecule has 1 aliphatic heterocycles. The van der Waals surface area contributed by atoms with Gasteiger partial charge in [-0.2, -0.15) is 0 Å². The third-order valence-corrected chi connectivity index (χ3v) is 4.11. The van der Waals surface area contributed by atoms with Crippen molar-refractivity contribution in [3.63, 3.8) is 0 Å². The van der Waals surface area contributed by atoms with Gasteiger partial charge < -0.3 is 15.5 Å². The summed E-state index contributed by atoms with van der Waals surface area (Å²) in [4.78, 5) is 14.3. The Morgan fingerprint density at radius 1 is 1.45 bits per heavy atom. The van der Waals surface area contributed by atoms with Gasteiger partial charge >= 0.3 is 0 Å². The normalized spacial score (nSPS) is 18.6. The fourth-order valence-electron chi connectivity index (χ4n) is 2.71. The molecule has 1 unspecified atom stereocenters. The molecule has 1 atom stereocenters. The van der Waals surface area contributed by atoms with E-state index in [2.05, 4.69) is 15.5 Å². The van der Waals surface area contributed by atoms with Crippen LogP contribution in [0.15, 0.2) is 18.2 Å². The number of hydrogen-bond donors (Lipinski definition) is 2. The molecule has 1 heterocycles. The molecule has 4 nitrogen and oxygen atoms in total. The van der Waals surface area contributed by atoms with Gasteiger partial charge in [-0.25, -0.2) is 4.39 Å². The topological polar surface area (TPSA) is 44.4 Å². The average molecular weight is 330 g/mol. The zero-order valence-corrected chi connectivity index (χ0v) is 14.0. The largest absolute Gasteiger partial charge is 0.326 e. The molecule has 1 aromatic carbocycles. The van der Waals surface area contributed by atoms with E-state index in [0.717, 1.165) is 26.1 Å². The quantitative estimate of drug-likeness (QED) is 0.872. The summed E-state index contributed by atoms with van der Waals surface area (Å²) in [7, 11) is 1.98. The lowest BCUT2D eigenvalue weighted by atomic mass is 10.1. The minimum absolute atomic E-state index is 0. The van der Waals surface area contributed by atoms with Crippen LogP contribution in [0.25, 0.3) is 0 Å². The Bertz CT molecular complexity index is 498. The third kappa shape index (κ3) is 5.23. The van der Waals surface area contributed by atoms with Gasteiger partial charge in [0.15, 0.2) is 0 Å². The monoisotopic (exact) mass is 329 g/mol. The van der Waals surface area contributed by atoms with Crippen LogP contribution in [0.4, 0.5) is 10.1 Å². The maximum Gasteiger partial charge on any atom is 0.225 e. The van der Waals surface area contributed by atoms with Crippen molar-refractivity contribution in [3.8, 4) is 0 Å². The maximum absolute atomic E-state index is 13.4. The number of hydrogen-bond acceptors (Lipinski definition) is 3. The van der Waals surface area contributed by atoms with Crippen LogP contribution in [0.1, 0.15) is 24.8 Å². The zero-order chi connectivity index (χ0) is 15.2. The van der Waals surface area contributed by atoms with Crippen LogP contribution in [-0.2, 0) is 4.79 Å². The Morgan fingerprint density at radius 2 is 2.23 bits per heavy atom. The van der Waals surface area contributed by atoms with Crippen molar-refractivity contribution in [2.24, 2.45) is 0 Å². The van der Waals surface area contributed by atoms with E-state index in [1.165, 1.54) is 12.5 Å². The fourth-order valence-corrected chi connectivity index (χ4v) is 2.71. The number of nitrogens with one attached hydrogen (secondary N) is 2. The molecule has 0 bridgehead atoms. The minimum atomic E-state index is -0.291. The van der Waals surface area contributed by atoms with E-state index in [1.807, 2.05) is 7.05 Å². The highest BCUT2D eigenvalue weighted by Gasteiger charge is 2.18. The van der Waals surface area contributed by atoms with Crippen LogP contribution in [0.2, 0.25) is 0 Å². The number of amides is 1. The number of rotatable bonds is 5. The van der Waals surface area contributed by atoms with Gasteiger partial charge in [-0.15, -0.1) is 12.4 Å². The van der Waals surface area contributed by atoms with E-state index in [1.54, 1.807) is 19.1 Å². The molecular weight excluding hydrogens is 305 g/mol. The molecular formula is C16H25ClFN3O. The highest BCUT2D eigenvalue weighted by molar-refractivity contribution is 5.91. The van der Waals surface area contributed by atoms with Crippen LogP contribution < -0.4 is 10.6 Å². The molecule has 2 N–H and O–H groups in total. The highest BCUT2D eigenvalue weighted by Crippen LogP contribution is 2.17. The third-order valence-electron chi connectivity index (χ3n) is 4.11. The van der Waals surface area contributed by atoms with Gasteiger partial charge in [0.1, 0.15) is 5.82 Å². The molecule has 0 saturated carbocycles.